The number of carbonyl (C=O) groups is 1. The van der Waals surface area contributed by atoms with Gasteiger partial charge < -0.3 is 9.88 Å². The molecular formula is C19H18BrN3O3S. The molecule has 0 radical (unpaired) electrons. The molecule has 2 aromatic carbocycles. The zero-order valence-corrected chi connectivity index (χ0v) is 16.8. The first-order valence-corrected chi connectivity index (χ1v) is 10.8. The number of sulfonamides is 1. The van der Waals surface area contributed by atoms with Crippen LogP contribution in [0.3, 0.4) is 0 Å². The molecule has 1 aliphatic heterocycles. The molecule has 1 aromatic heterocycles. The fourth-order valence-corrected chi connectivity index (χ4v) is 5.07. The summed E-state index contributed by atoms with van der Waals surface area (Å²) in [6, 6.07) is 14.6. The smallest absolute Gasteiger partial charge is 0.270 e. The molecule has 140 valence electrons. The zero-order chi connectivity index (χ0) is 19.0. The van der Waals surface area contributed by atoms with Crippen molar-refractivity contribution in [1.82, 2.24) is 14.2 Å². The van der Waals surface area contributed by atoms with E-state index < -0.39 is 10.0 Å². The number of piperazine rings is 1. The molecule has 0 atom stereocenters. The van der Waals surface area contributed by atoms with Gasteiger partial charge in [-0.15, -0.1) is 0 Å². The third-order valence-corrected chi connectivity index (χ3v) is 7.12. The summed E-state index contributed by atoms with van der Waals surface area (Å²) in [6.07, 6.45) is 1.70. The molecule has 2 heterocycles. The normalized spacial score (nSPS) is 16.0. The summed E-state index contributed by atoms with van der Waals surface area (Å²) in [5.41, 5.74) is 0.493. The van der Waals surface area contributed by atoms with Crippen molar-refractivity contribution < 1.29 is 13.2 Å². The Labute approximate surface area is 166 Å². The molecule has 1 N–H and O–H groups in total. The minimum atomic E-state index is -3.58. The van der Waals surface area contributed by atoms with Crippen molar-refractivity contribution in [2.45, 2.75) is 4.90 Å². The van der Waals surface area contributed by atoms with Crippen LogP contribution in [0.4, 0.5) is 0 Å². The predicted molar refractivity (Wildman–Crippen MR) is 107 cm³/mol. The number of carbonyl (C=O) groups excluding carboxylic acids is 1. The minimum absolute atomic E-state index is 0.122. The standard InChI is InChI=1S/C19H18BrN3O3S/c20-16-12-18(21-13-16)19(24)22-7-9-23(10-8-22)27(25,26)17-6-5-14-3-1-2-4-15(14)11-17/h1-6,11-13,21H,7-10H2. The van der Waals surface area contributed by atoms with Gasteiger partial charge in [-0.2, -0.15) is 4.31 Å². The lowest BCUT2D eigenvalue weighted by Gasteiger charge is -2.33. The number of aromatic amines is 1. The number of benzene rings is 2. The summed E-state index contributed by atoms with van der Waals surface area (Å²) < 4.78 is 28.2. The molecule has 6 nitrogen and oxygen atoms in total. The Morgan fingerprint density at radius 3 is 2.33 bits per heavy atom. The van der Waals surface area contributed by atoms with E-state index in [1.54, 1.807) is 29.3 Å². The predicted octanol–water partition coefficient (Wildman–Crippen LogP) is 3.08. The van der Waals surface area contributed by atoms with Gasteiger partial charge in [0.15, 0.2) is 0 Å². The fraction of sp³-hybridized carbons (Fsp3) is 0.211. The maximum atomic E-state index is 13.0. The van der Waals surface area contributed by atoms with E-state index in [1.165, 1.54) is 4.31 Å². The Hall–Kier alpha value is -2.16. The number of H-pyrrole nitrogens is 1. The lowest BCUT2D eigenvalue weighted by Crippen LogP contribution is -2.50. The zero-order valence-electron chi connectivity index (χ0n) is 14.4. The molecule has 1 amide bonds. The van der Waals surface area contributed by atoms with E-state index in [-0.39, 0.29) is 23.9 Å². The summed E-state index contributed by atoms with van der Waals surface area (Å²) in [5.74, 6) is -0.122. The highest BCUT2D eigenvalue weighted by Crippen LogP contribution is 2.23. The van der Waals surface area contributed by atoms with Crippen molar-refractivity contribution in [3.8, 4) is 0 Å². The lowest BCUT2D eigenvalue weighted by atomic mass is 10.1. The highest BCUT2D eigenvalue weighted by atomic mass is 79.9. The van der Waals surface area contributed by atoms with Crippen LogP contribution in [0, 0.1) is 0 Å². The number of fused-ring (bicyclic) bond motifs is 1. The van der Waals surface area contributed by atoms with Gasteiger partial charge in [0, 0.05) is 36.8 Å². The quantitative estimate of drug-likeness (QED) is 0.670. The maximum absolute atomic E-state index is 13.0. The van der Waals surface area contributed by atoms with Gasteiger partial charge in [-0.1, -0.05) is 30.3 Å². The van der Waals surface area contributed by atoms with E-state index in [0.717, 1.165) is 15.2 Å². The van der Waals surface area contributed by atoms with Crippen LogP contribution < -0.4 is 0 Å². The van der Waals surface area contributed by atoms with E-state index in [0.29, 0.717) is 18.8 Å². The summed E-state index contributed by atoms with van der Waals surface area (Å²) in [7, 11) is -3.58. The fourth-order valence-electron chi connectivity index (χ4n) is 3.27. The van der Waals surface area contributed by atoms with Gasteiger partial charge in [-0.3, -0.25) is 4.79 Å². The molecular weight excluding hydrogens is 430 g/mol. The highest BCUT2D eigenvalue weighted by Gasteiger charge is 2.30. The Bertz CT molecular complexity index is 1100. The second-order valence-corrected chi connectivity index (χ2v) is 9.29. The molecule has 1 aliphatic rings. The minimum Gasteiger partial charge on any atom is -0.356 e. The summed E-state index contributed by atoms with van der Waals surface area (Å²) in [4.78, 5) is 17.4. The first-order valence-electron chi connectivity index (χ1n) is 8.57. The molecule has 0 saturated carbocycles. The van der Waals surface area contributed by atoms with Crippen molar-refractivity contribution in [1.29, 1.82) is 0 Å². The van der Waals surface area contributed by atoms with Crippen LogP contribution in [0.5, 0.6) is 0 Å². The van der Waals surface area contributed by atoms with E-state index in [9.17, 15) is 13.2 Å². The molecule has 0 bridgehead atoms. The van der Waals surface area contributed by atoms with Crippen molar-refractivity contribution in [3.63, 3.8) is 0 Å². The van der Waals surface area contributed by atoms with Gasteiger partial charge in [0.05, 0.1) is 4.90 Å². The van der Waals surface area contributed by atoms with Crippen LogP contribution in [-0.4, -0.2) is 54.7 Å². The number of nitrogens with one attached hydrogen (secondary N) is 1. The summed E-state index contributed by atoms with van der Waals surface area (Å²) >= 11 is 3.31. The molecule has 1 fully saturated rings. The molecule has 1 saturated heterocycles. The average Bonchev–Trinajstić information content (AvgIpc) is 3.13. The largest absolute Gasteiger partial charge is 0.356 e. The van der Waals surface area contributed by atoms with Gasteiger partial charge in [0.2, 0.25) is 10.0 Å². The monoisotopic (exact) mass is 447 g/mol. The Kier molecular flexibility index (Phi) is 4.79. The maximum Gasteiger partial charge on any atom is 0.270 e. The second kappa shape index (κ2) is 7.10. The summed E-state index contributed by atoms with van der Waals surface area (Å²) in [5, 5.41) is 1.90. The van der Waals surface area contributed by atoms with Crippen LogP contribution in [0.25, 0.3) is 10.8 Å². The van der Waals surface area contributed by atoms with Crippen LogP contribution in [0.15, 0.2) is 64.1 Å². The molecule has 0 aliphatic carbocycles. The Morgan fingerprint density at radius 2 is 1.67 bits per heavy atom. The SMILES string of the molecule is O=C(c1cc(Br)c[nH]1)N1CCN(S(=O)(=O)c2ccc3ccccc3c2)CC1. The van der Waals surface area contributed by atoms with Crippen LogP contribution in [0.1, 0.15) is 10.5 Å². The Morgan fingerprint density at radius 1 is 0.963 bits per heavy atom. The number of aromatic nitrogens is 1. The van der Waals surface area contributed by atoms with Crippen LogP contribution in [-0.2, 0) is 10.0 Å². The van der Waals surface area contributed by atoms with E-state index in [1.807, 2.05) is 30.3 Å². The highest BCUT2D eigenvalue weighted by molar-refractivity contribution is 9.10. The van der Waals surface area contributed by atoms with Crippen LogP contribution >= 0.6 is 15.9 Å². The van der Waals surface area contributed by atoms with Gasteiger partial charge in [-0.05, 0) is 44.9 Å². The van der Waals surface area contributed by atoms with Crippen LogP contribution in [0.2, 0.25) is 0 Å². The molecule has 8 heteroatoms. The Balaban J connectivity index is 1.50. The van der Waals surface area contributed by atoms with E-state index in [2.05, 4.69) is 20.9 Å². The molecule has 0 spiro atoms. The molecule has 27 heavy (non-hydrogen) atoms. The van der Waals surface area contributed by atoms with Gasteiger partial charge in [0.25, 0.3) is 5.91 Å². The van der Waals surface area contributed by atoms with E-state index >= 15 is 0 Å². The third kappa shape index (κ3) is 3.52. The molecule has 0 unspecified atom stereocenters. The topological polar surface area (TPSA) is 73.5 Å². The number of amides is 1. The number of nitrogens with zero attached hydrogens (tertiary/aromatic N) is 2. The number of hydrogen-bond acceptors (Lipinski definition) is 3. The van der Waals surface area contributed by atoms with Gasteiger partial charge in [-0.25, -0.2) is 8.42 Å². The van der Waals surface area contributed by atoms with Crippen molar-refractivity contribution in [2.24, 2.45) is 0 Å². The van der Waals surface area contributed by atoms with Gasteiger partial charge >= 0.3 is 0 Å². The van der Waals surface area contributed by atoms with E-state index in [4.69, 9.17) is 0 Å². The number of hydrogen-bond donors (Lipinski definition) is 1. The van der Waals surface area contributed by atoms with Gasteiger partial charge in [0.1, 0.15) is 5.69 Å². The lowest BCUT2D eigenvalue weighted by molar-refractivity contribution is 0.0692. The number of halogens is 1. The van der Waals surface area contributed by atoms with Crippen molar-refractivity contribution in [3.05, 3.63) is 64.9 Å². The molecule has 3 aromatic rings. The second-order valence-electron chi connectivity index (χ2n) is 6.44. The van der Waals surface area contributed by atoms with Crippen molar-refractivity contribution >= 4 is 42.6 Å². The van der Waals surface area contributed by atoms with Crippen molar-refractivity contribution in [2.75, 3.05) is 26.2 Å². The number of rotatable bonds is 3. The third-order valence-electron chi connectivity index (χ3n) is 4.76. The first-order chi connectivity index (χ1) is 12.9. The molecule has 4 rings (SSSR count). The summed E-state index contributed by atoms with van der Waals surface area (Å²) in [6.45, 7) is 1.29. The average molecular weight is 448 g/mol. The first kappa shape index (κ1) is 18.2.